The van der Waals surface area contributed by atoms with E-state index in [-0.39, 0.29) is 11.5 Å². The van der Waals surface area contributed by atoms with Crippen LogP contribution in [0.15, 0.2) is 53.5 Å². The number of hydrogen-bond acceptors (Lipinski definition) is 4. The zero-order chi connectivity index (χ0) is 20.8. The van der Waals surface area contributed by atoms with Crippen LogP contribution in [0.1, 0.15) is 22.3 Å². The number of aryl methyl sites for hydroxylation is 2. The fourth-order valence-corrected chi connectivity index (χ4v) is 4.75. The molecule has 1 aliphatic rings. The predicted molar refractivity (Wildman–Crippen MR) is 114 cm³/mol. The summed E-state index contributed by atoms with van der Waals surface area (Å²) in [6, 6.07) is 12.3. The van der Waals surface area contributed by atoms with Gasteiger partial charge in [0.05, 0.1) is 17.5 Å². The lowest BCUT2D eigenvalue weighted by atomic mass is 10.0. The van der Waals surface area contributed by atoms with Crippen molar-refractivity contribution in [2.75, 3.05) is 22.4 Å². The molecule has 0 spiro atoms. The Bertz CT molecular complexity index is 1300. The minimum absolute atomic E-state index is 0.172. The largest absolute Gasteiger partial charge is 0.322 e. The molecule has 29 heavy (non-hydrogen) atoms. The fourth-order valence-electron chi connectivity index (χ4n) is 3.76. The number of nitrogens with zero attached hydrogens (tertiary/aromatic N) is 2. The van der Waals surface area contributed by atoms with E-state index >= 15 is 0 Å². The third-order valence-electron chi connectivity index (χ3n) is 5.15. The lowest BCUT2D eigenvalue weighted by Gasteiger charge is -2.29. The Morgan fingerprint density at radius 2 is 1.83 bits per heavy atom. The summed E-state index contributed by atoms with van der Waals surface area (Å²) < 4.78 is 27.0. The number of hydrogen-bond donors (Lipinski definition) is 1. The summed E-state index contributed by atoms with van der Waals surface area (Å²) >= 11 is 0. The van der Waals surface area contributed by atoms with Crippen molar-refractivity contribution in [3.05, 3.63) is 70.1 Å². The highest BCUT2D eigenvalue weighted by Crippen LogP contribution is 2.32. The molecule has 1 amide bonds. The van der Waals surface area contributed by atoms with E-state index in [1.165, 1.54) is 21.3 Å². The van der Waals surface area contributed by atoms with Gasteiger partial charge in [0, 0.05) is 36.2 Å². The quantitative estimate of drug-likeness (QED) is 0.717. The van der Waals surface area contributed by atoms with Crippen LogP contribution in [0.25, 0.3) is 10.8 Å². The van der Waals surface area contributed by atoms with Crippen molar-refractivity contribution in [3.8, 4) is 0 Å². The van der Waals surface area contributed by atoms with Gasteiger partial charge < -0.3 is 9.88 Å². The summed E-state index contributed by atoms with van der Waals surface area (Å²) in [7, 11) is -1.79. The van der Waals surface area contributed by atoms with Gasteiger partial charge in [0.1, 0.15) is 0 Å². The van der Waals surface area contributed by atoms with Crippen LogP contribution in [0, 0.1) is 0 Å². The van der Waals surface area contributed by atoms with Gasteiger partial charge in [0.15, 0.2) is 0 Å². The number of anilines is 2. The molecular formula is C21H21N3O4S. The second-order valence-corrected chi connectivity index (χ2v) is 9.15. The van der Waals surface area contributed by atoms with Gasteiger partial charge in [0.2, 0.25) is 10.0 Å². The molecule has 1 N–H and O–H groups in total. The Morgan fingerprint density at radius 1 is 1.10 bits per heavy atom. The lowest BCUT2D eigenvalue weighted by Crippen LogP contribution is -2.34. The second kappa shape index (κ2) is 7.04. The van der Waals surface area contributed by atoms with E-state index in [0.29, 0.717) is 34.3 Å². The molecule has 2 heterocycles. The van der Waals surface area contributed by atoms with Crippen molar-refractivity contribution in [2.24, 2.45) is 7.05 Å². The average Bonchev–Trinajstić information content (AvgIpc) is 2.69. The predicted octanol–water partition coefficient (Wildman–Crippen LogP) is 2.50. The summed E-state index contributed by atoms with van der Waals surface area (Å²) in [5.74, 6) is -0.363. The smallest absolute Gasteiger partial charge is 0.258 e. The molecule has 3 aromatic rings. The third-order valence-corrected chi connectivity index (χ3v) is 6.33. The van der Waals surface area contributed by atoms with Crippen molar-refractivity contribution in [1.29, 1.82) is 0 Å². The van der Waals surface area contributed by atoms with E-state index in [0.717, 1.165) is 18.4 Å². The van der Waals surface area contributed by atoms with Gasteiger partial charge in [-0.1, -0.05) is 24.3 Å². The molecular weight excluding hydrogens is 390 g/mol. The molecule has 0 saturated heterocycles. The van der Waals surface area contributed by atoms with Crippen molar-refractivity contribution < 1.29 is 13.2 Å². The number of sulfonamides is 1. The van der Waals surface area contributed by atoms with Crippen LogP contribution < -0.4 is 15.2 Å². The van der Waals surface area contributed by atoms with Crippen LogP contribution in [0.4, 0.5) is 11.4 Å². The van der Waals surface area contributed by atoms with E-state index in [9.17, 15) is 18.0 Å². The SMILES string of the molecule is Cn1cc(C(=O)Nc2ccc3c(c2)N(S(C)(=O)=O)CCC3)c2ccccc2c1=O. The van der Waals surface area contributed by atoms with Gasteiger partial charge in [0.25, 0.3) is 11.5 Å². The van der Waals surface area contributed by atoms with Gasteiger partial charge in [-0.2, -0.15) is 0 Å². The number of carbonyl (C=O) groups excluding carboxylic acids is 1. The fraction of sp³-hybridized carbons (Fsp3) is 0.238. The number of aromatic nitrogens is 1. The first kappa shape index (κ1) is 19.2. The Labute approximate surface area is 168 Å². The standard InChI is InChI=1S/C21H21N3O4S/c1-23-13-18(16-7-3-4-8-17(16)21(23)26)20(25)22-15-10-9-14-6-5-11-24(19(14)12-15)29(2,27)28/h3-4,7-10,12-13H,5-6,11H2,1-2H3,(H,22,25). The molecule has 8 heteroatoms. The second-order valence-electron chi connectivity index (χ2n) is 7.24. The Balaban J connectivity index is 1.73. The number of benzene rings is 2. The monoisotopic (exact) mass is 411 g/mol. The molecule has 1 aliphatic heterocycles. The lowest BCUT2D eigenvalue weighted by molar-refractivity contribution is 0.102. The third kappa shape index (κ3) is 3.51. The zero-order valence-electron chi connectivity index (χ0n) is 16.2. The molecule has 0 unspecified atom stereocenters. The molecule has 0 aliphatic carbocycles. The minimum atomic E-state index is -3.39. The molecule has 1 aromatic heterocycles. The van der Waals surface area contributed by atoms with Gasteiger partial charge >= 0.3 is 0 Å². The maximum absolute atomic E-state index is 13.0. The molecule has 0 atom stereocenters. The van der Waals surface area contributed by atoms with E-state index in [1.807, 2.05) is 6.07 Å². The van der Waals surface area contributed by atoms with Crippen molar-refractivity contribution in [2.45, 2.75) is 12.8 Å². The Hall–Kier alpha value is -3.13. The van der Waals surface area contributed by atoms with E-state index < -0.39 is 10.0 Å². The maximum Gasteiger partial charge on any atom is 0.258 e. The molecule has 0 bridgehead atoms. The highest BCUT2D eigenvalue weighted by atomic mass is 32.2. The average molecular weight is 411 g/mol. The van der Waals surface area contributed by atoms with Crippen LogP contribution in [0.5, 0.6) is 0 Å². The van der Waals surface area contributed by atoms with Crippen LogP contribution in [-0.4, -0.2) is 31.7 Å². The van der Waals surface area contributed by atoms with E-state index in [1.54, 1.807) is 43.4 Å². The Kier molecular flexibility index (Phi) is 4.66. The zero-order valence-corrected chi connectivity index (χ0v) is 17.0. The maximum atomic E-state index is 13.0. The number of carbonyl (C=O) groups is 1. The van der Waals surface area contributed by atoms with Gasteiger partial charge in [-0.05, 0) is 36.6 Å². The van der Waals surface area contributed by atoms with E-state index in [4.69, 9.17) is 0 Å². The first-order chi connectivity index (χ1) is 13.8. The van der Waals surface area contributed by atoms with Crippen LogP contribution in [0.3, 0.4) is 0 Å². The number of fused-ring (bicyclic) bond motifs is 2. The molecule has 0 fully saturated rings. The van der Waals surface area contributed by atoms with Crippen LogP contribution >= 0.6 is 0 Å². The topological polar surface area (TPSA) is 88.5 Å². The first-order valence-corrected chi connectivity index (χ1v) is 11.1. The van der Waals surface area contributed by atoms with Crippen molar-refractivity contribution in [3.63, 3.8) is 0 Å². The van der Waals surface area contributed by atoms with Gasteiger partial charge in [-0.15, -0.1) is 0 Å². The number of amides is 1. The highest BCUT2D eigenvalue weighted by Gasteiger charge is 2.24. The minimum Gasteiger partial charge on any atom is -0.322 e. The summed E-state index contributed by atoms with van der Waals surface area (Å²) in [6.45, 7) is 0.425. The van der Waals surface area contributed by atoms with Crippen LogP contribution in [0.2, 0.25) is 0 Å². The molecule has 0 saturated carbocycles. The summed E-state index contributed by atoms with van der Waals surface area (Å²) in [4.78, 5) is 25.3. The number of nitrogens with one attached hydrogen (secondary N) is 1. The van der Waals surface area contributed by atoms with E-state index in [2.05, 4.69) is 5.32 Å². The van der Waals surface area contributed by atoms with Crippen molar-refractivity contribution in [1.82, 2.24) is 4.57 Å². The molecule has 150 valence electrons. The van der Waals surface area contributed by atoms with Crippen molar-refractivity contribution >= 4 is 38.1 Å². The number of pyridine rings is 1. The van der Waals surface area contributed by atoms with Crippen LogP contribution in [-0.2, 0) is 23.5 Å². The number of rotatable bonds is 3. The Morgan fingerprint density at radius 3 is 2.55 bits per heavy atom. The summed E-state index contributed by atoms with van der Waals surface area (Å²) in [6.07, 6.45) is 4.25. The van der Waals surface area contributed by atoms with Gasteiger partial charge in [-0.3, -0.25) is 13.9 Å². The molecule has 4 rings (SSSR count). The first-order valence-electron chi connectivity index (χ1n) is 9.26. The summed E-state index contributed by atoms with van der Waals surface area (Å²) in [5.41, 5.74) is 2.24. The normalized spacial score (nSPS) is 13.9. The molecule has 0 radical (unpaired) electrons. The highest BCUT2D eigenvalue weighted by molar-refractivity contribution is 7.92. The van der Waals surface area contributed by atoms with Gasteiger partial charge in [-0.25, -0.2) is 8.42 Å². The molecule has 2 aromatic carbocycles. The molecule has 7 nitrogen and oxygen atoms in total. The summed E-state index contributed by atoms with van der Waals surface area (Å²) in [5, 5.41) is 3.89.